The zero-order valence-corrected chi connectivity index (χ0v) is 16.3. The highest BCUT2D eigenvalue weighted by atomic mass is 16.6. The third kappa shape index (κ3) is 4.55. The van der Waals surface area contributed by atoms with E-state index in [-0.39, 0.29) is 48.9 Å². The van der Waals surface area contributed by atoms with Gasteiger partial charge in [0.05, 0.1) is 36.4 Å². The van der Waals surface area contributed by atoms with Crippen molar-refractivity contribution in [1.82, 2.24) is 4.90 Å². The van der Waals surface area contributed by atoms with Gasteiger partial charge in [0.15, 0.2) is 0 Å². The van der Waals surface area contributed by atoms with E-state index in [2.05, 4.69) is 0 Å². The average Bonchev–Trinajstić information content (AvgIpc) is 3.01. The Hall–Kier alpha value is -3.76. The Kier molecular flexibility index (Phi) is 6.63. The summed E-state index contributed by atoms with van der Waals surface area (Å²) in [5.74, 6) is -2.22. The SMILES string of the molecule is O=C1C(=O)N(CCOCCO)C(c2ccc(O)cc2)C1=C(O)c1ccc([N+](=O)[O-])cc1. The number of ether oxygens (including phenoxy) is 1. The number of Topliss-reactive ketones (excluding diaryl/α,β-unsaturated/α-hetero) is 1. The lowest BCUT2D eigenvalue weighted by atomic mass is 9.95. The van der Waals surface area contributed by atoms with E-state index >= 15 is 0 Å². The van der Waals surface area contributed by atoms with E-state index in [1.165, 1.54) is 53.4 Å². The first-order chi connectivity index (χ1) is 14.8. The summed E-state index contributed by atoms with van der Waals surface area (Å²) in [5.41, 5.74) is 0.256. The number of nitro groups is 1. The molecular formula is C21H20N2O8. The Bertz CT molecular complexity index is 1010. The smallest absolute Gasteiger partial charge is 0.295 e. The predicted molar refractivity (Wildman–Crippen MR) is 108 cm³/mol. The standard InChI is InChI=1S/C21H20N2O8/c24-10-12-31-11-9-22-18(13-3-7-16(25)8-4-13)17(20(27)21(22)28)19(26)14-1-5-15(6-2-14)23(29)30/h1-8,18,24-26H,9-12H2. The van der Waals surface area contributed by atoms with Crippen molar-refractivity contribution in [3.05, 3.63) is 75.3 Å². The lowest BCUT2D eigenvalue weighted by Gasteiger charge is -2.25. The minimum absolute atomic E-state index is 0.0117. The van der Waals surface area contributed by atoms with Gasteiger partial charge in [0.25, 0.3) is 17.4 Å². The number of phenols is 1. The Morgan fingerprint density at radius 1 is 1.06 bits per heavy atom. The van der Waals surface area contributed by atoms with Crippen molar-refractivity contribution in [3.8, 4) is 5.75 Å². The fraction of sp³-hybridized carbons (Fsp3) is 0.238. The number of rotatable bonds is 8. The molecule has 1 unspecified atom stereocenters. The number of aliphatic hydroxyl groups is 2. The molecule has 2 aromatic carbocycles. The first-order valence-electron chi connectivity index (χ1n) is 9.36. The summed E-state index contributed by atoms with van der Waals surface area (Å²) in [7, 11) is 0. The molecule has 1 aliphatic rings. The Morgan fingerprint density at radius 2 is 1.71 bits per heavy atom. The fourth-order valence-electron chi connectivity index (χ4n) is 3.34. The Balaban J connectivity index is 2.05. The normalized spacial score (nSPS) is 17.8. The highest BCUT2D eigenvalue weighted by molar-refractivity contribution is 6.46. The van der Waals surface area contributed by atoms with Crippen LogP contribution in [0.2, 0.25) is 0 Å². The first kappa shape index (κ1) is 21.9. The molecule has 31 heavy (non-hydrogen) atoms. The highest BCUT2D eigenvalue weighted by Gasteiger charge is 2.45. The lowest BCUT2D eigenvalue weighted by Crippen LogP contribution is -2.33. The second-order valence-electron chi connectivity index (χ2n) is 6.72. The zero-order chi connectivity index (χ0) is 22.5. The molecule has 1 saturated heterocycles. The van der Waals surface area contributed by atoms with Gasteiger partial charge < -0.3 is 25.0 Å². The number of benzene rings is 2. The van der Waals surface area contributed by atoms with Gasteiger partial charge in [-0.3, -0.25) is 19.7 Å². The molecular weight excluding hydrogens is 408 g/mol. The summed E-state index contributed by atoms with van der Waals surface area (Å²) in [6, 6.07) is 9.83. The van der Waals surface area contributed by atoms with Gasteiger partial charge in [-0.15, -0.1) is 0 Å². The molecule has 0 radical (unpaired) electrons. The molecule has 0 saturated carbocycles. The van der Waals surface area contributed by atoms with E-state index in [0.717, 1.165) is 0 Å². The molecule has 0 aromatic heterocycles. The van der Waals surface area contributed by atoms with Crippen molar-refractivity contribution in [2.24, 2.45) is 0 Å². The number of non-ortho nitro benzene ring substituents is 1. The number of hydrogen-bond acceptors (Lipinski definition) is 8. The van der Waals surface area contributed by atoms with Gasteiger partial charge in [0, 0.05) is 24.2 Å². The number of hydrogen-bond donors (Lipinski definition) is 3. The molecule has 3 N–H and O–H groups in total. The third-order valence-electron chi connectivity index (χ3n) is 4.81. The number of nitro benzene ring substituents is 1. The number of aliphatic hydroxyl groups excluding tert-OH is 2. The predicted octanol–water partition coefficient (Wildman–Crippen LogP) is 1.73. The second kappa shape index (κ2) is 9.37. The van der Waals surface area contributed by atoms with Crippen LogP contribution in [0, 0.1) is 10.1 Å². The molecule has 1 aliphatic heterocycles. The van der Waals surface area contributed by atoms with Crippen LogP contribution in [0.5, 0.6) is 5.75 Å². The third-order valence-corrected chi connectivity index (χ3v) is 4.81. The number of likely N-dealkylation sites (tertiary alicyclic amines) is 1. The topological polar surface area (TPSA) is 150 Å². The second-order valence-corrected chi connectivity index (χ2v) is 6.72. The van der Waals surface area contributed by atoms with Crippen LogP contribution >= 0.6 is 0 Å². The van der Waals surface area contributed by atoms with E-state index in [1.54, 1.807) is 0 Å². The molecule has 0 aliphatic carbocycles. The summed E-state index contributed by atoms with van der Waals surface area (Å²) in [6.45, 7) is -0.0517. The zero-order valence-electron chi connectivity index (χ0n) is 16.3. The van der Waals surface area contributed by atoms with Crippen LogP contribution in [-0.2, 0) is 14.3 Å². The summed E-state index contributed by atoms with van der Waals surface area (Å²) in [6.07, 6.45) is 0. The molecule has 162 valence electrons. The molecule has 1 heterocycles. The van der Waals surface area contributed by atoms with Crippen molar-refractivity contribution in [2.45, 2.75) is 6.04 Å². The molecule has 2 aromatic rings. The van der Waals surface area contributed by atoms with Crippen LogP contribution in [0.4, 0.5) is 5.69 Å². The van der Waals surface area contributed by atoms with Gasteiger partial charge in [-0.2, -0.15) is 0 Å². The van der Waals surface area contributed by atoms with E-state index in [1.807, 2.05) is 0 Å². The average molecular weight is 428 g/mol. The van der Waals surface area contributed by atoms with Gasteiger partial charge in [-0.25, -0.2) is 0 Å². The summed E-state index contributed by atoms with van der Waals surface area (Å²) in [4.78, 5) is 37.0. The minimum Gasteiger partial charge on any atom is -0.508 e. The molecule has 10 heteroatoms. The Labute approximate surface area is 176 Å². The van der Waals surface area contributed by atoms with Gasteiger partial charge in [-0.1, -0.05) is 12.1 Å². The van der Waals surface area contributed by atoms with Crippen LogP contribution < -0.4 is 0 Å². The van der Waals surface area contributed by atoms with Crippen LogP contribution in [0.1, 0.15) is 17.2 Å². The molecule has 1 atom stereocenters. The molecule has 10 nitrogen and oxygen atoms in total. The van der Waals surface area contributed by atoms with E-state index in [9.17, 15) is 29.9 Å². The number of nitrogens with zero attached hydrogens (tertiary/aromatic N) is 2. The summed E-state index contributed by atoms with van der Waals surface area (Å²) >= 11 is 0. The van der Waals surface area contributed by atoms with Crippen molar-refractivity contribution in [2.75, 3.05) is 26.4 Å². The van der Waals surface area contributed by atoms with Crippen molar-refractivity contribution in [3.63, 3.8) is 0 Å². The van der Waals surface area contributed by atoms with Gasteiger partial charge in [-0.05, 0) is 29.8 Å². The maximum atomic E-state index is 12.8. The number of aromatic hydroxyl groups is 1. The van der Waals surface area contributed by atoms with E-state index in [0.29, 0.717) is 5.56 Å². The maximum absolute atomic E-state index is 12.8. The fourth-order valence-corrected chi connectivity index (χ4v) is 3.34. The molecule has 0 bridgehead atoms. The summed E-state index contributed by atoms with van der Waals surface area (Å²) < 4.78 is 5.21. The van der Waals surface area contributed by atoms with Crippen LogP contribution in [0.3, 0.4) is 0 Å². The Morgan fingerprint density at radius 3 is 2.29 bits per heavy atom. The number of carbonyl (C=O) groups excluding carboxylic acids is 2. The number of carbonyl (C=O) groups is 2. The quantitative estimate of drug-likeness (QED) is 0.144. The van der Waals surface area contributed by atoms with E-state index in [4.69, 9.17) is 9.84 Å². The van der Waals surface area contributed by atoms with Crippen molar-refractivity contribution >= 4 is 23.1 Å². The number of phenolic OH excluding ortho intramolecular Hbond substituents is 1. The van der Waals surface area contributed by atoms with Gasteiger partial charge in [0.2, 0.25) is 0 Å². The summed E-state index contributed by atoms with van der Waals surface area (Å²) in [5, 5.41) is 40.1. The van der Waals surface area contributed by atoms with Crippen LogP contribution in [0.25, 0.3) is 5.76 Å². The molecule has 1 fully saturated rings. The van der Waals surface area contributed by atoms with Gasteiger partial charge in [0.1, 0.15) is 11.5 Å². The van der Waals surface area contributed by atoms with Crippen LogP contribution in [-0.4, -0.2) is 63.2 Å². The first-order valence-corrected chi connectivity index (χ1v) is 9.36. The molecule has 0 spiro atoms. The van der Waals surface area contributed by atoms with Crippen LogP contribution in [0.15, 0.2) is 54.1 Å². The highest BCUT2D eigenvalue weighted by Crippen LogP contribution is 2.39. The lowest BCUT2D eigenvalue weighted by molar-refractivity contribution is -0.384. The molecule has 1 amide bonds. The number of ketones is 1. The minimum atomic E-state index is -0.950. The monoisotopic (exact) mass is 428 g/mol. The van der Waals surface area contributed by atoms with E-state index < -0.39 is 28.4 Å². The number of amides is 1. The molecule has 3 rings (SSSR count). The van der Waals surface area contributed by atoms with Crippen molar-refractivity contribution in [1.29, 1.82) is 0 Å². The maximum Gasteiger partial charge on any atom is 0.295 e. The largest absolute Gasteiger partial charge is 0.508 e. The van der Waals surface area contributed by atoms with Crippen molar-refractivity contribution < 1.29 is 34.6 Å². The van der Waals surface area contributed by atoms with Gasteiger partial charge >= 0.3 is 0 Å².